The van der Waals surface area contributed by atoms with Crippen LogP contribution in [0.4, 0.5) is 4.79 Å². The molecule has 0 N–H and O–H groups in total. The predicted molar refractivity (Wildman–Crippen MR) is 47.1 cm³/mol. The molecule has 0 amide bonds. The highest BCUT2D eigenvalue weighted by molar-refractivity contribution is 5.59. The van der Waals surface area contributed by atoms with E-state index >= 15 is 0 Å². The number of carbonyl (C=O) groups is 1. The molecular weight excluding hydrogens is 170 g/mol. The summed E-state index contributed by atoms with van der Waals surface area (Å²) >= 11 is 0. The molecule has 0 rings (SSSR count). The lowest BCUT2D eigenvalue weighted by Crippen LogP contribution is -2.09. The SMILES string of the molecule is CCCCCOC(=O)OCCC#N. The van der Waals surface area contributed by atoms with E-state index in [1.165, 1.54) is 0 Å². The molecule has 0 spiro atoms. The number of nitrogens with zero attached hydrogens (tertiary/aromatic N) is 1. The maximum atomic E-state index is 10.7. The van der Waals surface area contributed by atoms with Crippen LogP contribution in [0.3, 0.4) is 0 Å². The van der Waals surface area contributed by atoms with E-state index in [1.807, 2.05) is 6.07 Å². The van der Waals surface area contributed by atoms with Gasteiger partial charge in [-0.1, -0.05) is 19.8 Å². The summed E-state index contributed by atoms with van der Waals surface area (Å²) in [6, 6.07) is 1.87. The third kappa shape index (κ3) is 8.67. The summed E-state index contributed by atoms with van der Waals surface area (Å²) < 4.78 is 9.30. The van der Waals surface area contributed by atoms with E-state index in [-0.39, 0.29) is 13.0 Å². The fourth-order valence-electron chi connectivity index (χ4n) is 0.729. The lowest BCUT2D eigenvalue weighted by Gasteiger charge is -2.03. The van der Waals surface area contributed by atoms with E-state index in [0.29, 0.717) is 6.61 Å². The van der Waals surface area contributed by atoms with E-state index < -0.39 is 6.16 Å². The van der Waals surface area contributed by atoms with Crippen molar-refractivity contribution >= 4 is 6.16 Å². The molecule has 0 aromatic heterocycles. The van der Waals surface area contributed by atoms with E-state index in [4.69, 9.17) is 10.00 Å². The zero-order chi connectivity index (χ0) is 9.94. The first kappa shape index (κ1) is 11.8. The molecule has 4 nitrogen and oxygen atoms in total. The van der Waals surface area contributed by atoms with Gasteiger partial charge >= 0.3 is 6.16 Å². The van der Waals surface area contributed by atoms with Gasteiger partial charge in [0.05, 0.1) is 19.1 Å². The zero-order valence-electron chi connectivity index (χ0n) is 7.91. The molecule has 0 aliphatic rings. The van der Waals surface area contributed by atoms with Crippen molar-refractivity contribution in [3.8, 4) is 6.07 Å². The van der Waals surface area contributed by atoms with Gasteiger partial charge in [0, 0.05) is 0 Å². The van der Waals surface area contributed by atoms with Crippen molar-refractivity contribution in [2.45, 2.75) is 32.6 Å². The maximum absolute atomic E-state index is 10.7. The number of carbonyl (C=O) groups excluding carboxylic acids is 1. The summed E-state index contributed by atoms with van der Waals surface area (Å²) in [6.45, 7) is 2.59. The molecule has 0 unspecified atom stereocenters. The van der Waals surface area contributed by atoms with Crippen LogP contribution in [0.15, 0.2) is 0 Å². The Bertz CT molecular complexity index is 174. The number of nitriles is 1. The normalized spacial score (nSPS) is 8.92. The molecule has 0 heterocycles. The highest BCUT2D eigenvalue weighted by Gasteiger charge is 2.01. The highest BCUT2D eigenvalue weighted by Crippen LogP contribution is 1.95. The largest absolute Gasteiger partial charge is 0.508 e. The van der Waals surface area contributed by atoms with E-state index in [2.05, 4.69) is 11.7 Å². The van der Waals surface area contributed by atoms with Gasteiger partial charge in [-0.25, -0.2) is 4.79 Å². The average Bonchev–Trinajstić information content (AvgIpc) is 2.13. The molecule has 4 heteroatoms. The Kier molecular flexibility index (Phi) is 8.01. The molecule has 0 aliphatic heterocycles. The Morgan fingerprint density at radius 2 is 2.00 bits per heavy atom. The Morgan fingerprint density at radius 3 is 2.62 bits per heavy atom. The van der Waals surface area contributed by atoms with Gasteiger partial charge in [0.2, 0.25) is 0 Å². The van der Waals surface area contributed by atoms with Crippen LogP contribution >= 0.6 is 0 Å². The second-order valence-corrected chi connectivity index (χ2v) is 2.56. The van der Waals surface area contributed by atoms with Crippen molar-refractivity contribution < 1.29 is 14.3 Å². The maximum Gasteiger partial charge on any atom is 0.508 e. The van der Waals surface area contributed by atoms with Crippen molar-refractivity contribution in [1.82, 2.24) is 0 Å². The van der Waals surface area contributed by atoms with Crippen LogP contribution in [0.5, 0.6) is 0 Å². The number of hydrogen-bond donors (Lipinski definition) is 0. The fraction of sp³-hybridized carbons (Fsp3) is 0.778. The van der Waals surface area contributed by atoms with Crippen molar-refractivity contribution in [1.29, 1.82) is 5.26 Å². The monoisotopic (exact) mass is 185 g/mol. The van der Waals surface area contributed by atoms with Crippen LogP contribution in [0.1, 0.15) is 32.6 Å². The van der Waals surface area contributed by atoms with Gasteiger partial charge in [0.1, 0.15) is 6.61 Å². The van der Waals surface area contributed by atoms with Crippen LogP contribution in [0.25, 0.3) is 0 Å². The predicted octanol–water partition coefficient (Wildman–Crippen LogP) is 2.24. The van der Waals surface area contributed by atoms with Crippen LogP contribution in [-0.4, -0.2) is 19.4 Å². The van der Waals surface area contributed by atoms with Gasteiger partial charge < -0.3 is 9.47 Å². The molecule has 0 saturated carbocycles. The Hall–Kier alpha value is -1.24. The summed E-state index contributed by atoms with van der Waals surface area (Å²) in [5.74, 6) is 0. The molecule has 0 saturated heterocycles. The van der Waals surface area contributed by atoms with Crippen LogP contribution < -0.4 is 0 Å². The van der Waals surface area contributed by atoms with E-state index in [0.717, 1.165) is 19.3 Å². The molecule has 0 fully saturated rings. The zero-order valence-corrected chi connectivity index (χ0v) is 7.91. The summed E-state index contributed by atoms with van der Waals surface area (Å²) in [6.07, 6.45) is 2.54. The molecular formula is C9H15NO3. The Labute approximate surface area is 78.4 Å². The minimum absolute atomic E-state index is 0.114. The van der Waals surface area contributed by atoms with Gasteiger partial charge in [-0.2, -0.15) is 5.26 Å². The van der Waals surface area contributed by atoms with Crippen molar-refractivity contribution in [2.75, 3.05) is 13.2 Å². The van der Waals surface area contributed by atoms with E-state index in [1.54, 1.807) is 0 Å². The van der Waals surface area contributed by atoms with Crippen LogP contribution in [-0.2, 0) is 9.47 Å². The van der Waals surface area contributed by atoms with Gasteiger partial charge in [-0.05, 0) is 6.42 Å². The third-order valence-electron chi connectivity index (χ3n) is 1.40. The Balaban J connectivity index is 3.16. The first-order chi connectivity index (χ1) is 6.31. The molecule has 74 valence electrons. The van der Waals surface area contributed by atoms with Crippen LogP contribution in [0, 0.1) is 11.3 Å². The number of unbranched alkanes of at least 4 members (excludes halogenated alkanes) is 2. The van der Waals surface area contributed by atoms with Gasteiger partial charge in [-0.3, -0.25) is 0 Å². The first-order valence-electron chi connectivity index (χ1n) is 4.47. The minimum Gasteiger partial charge on any atom is -0.434 e. The summed E-state index contributed by atoms with van der Waals surface area (Å²) in [5, 5.41) is 8.14. The molecule has 0 bridgehead atoms. The number of hydrogen-bond acceptors (Lipinski definition) is 4. The topological polar surface area (TPSA) is 59.3 Å². The minimum atomic E-state index is -0.675. The standard InChI is InChI=1S/C9H15NO3/c1-2-3-4-7-12-9(11)13-8-5-6-10/h2-5,7-8H2,1H3. The number of ether oxygens (including phenoxy) is 2. The van der Waals surface area contributed by atoms with Crippen molar-refractivity contribution in [3.63, 3.8) is 0 Å². The lowest BCUT2D eigenvalue weighted by molar-refractivity contribution is 0.0557. The first-order valence-corrected chi connectivity index (χ1v) is 4.47. The van der Waals surface area contributed by atoms with Gasteiger partial charge in [0.15, 0.2) is 0 Å². The Morgan fingerprint density at radius 1 is 1.31 bits per heavy atom. The average molecular weight is 185 g/mol. The summed E-state index contributed by atoms with van der Waals surface area (Å²) in [7, 11) is 0. The molecule has 0 aliphatic carbocycles. The smallest absolute Gasteiger partial charge is 0.434 e. The third-order valence-corrected chi connectivity index (χ3v) is 1.40. The summed E-state index contributed by atoms with van der Waals surface area (Å²) in [5.41, 5.74) is 0. The van der Waals surface area contributed by atoms with Crippen LogP contribution in [0.2, 0.25) is 0 Å². The lowest BCUT2D eigenvalue weighted by atomic mass is 10.3. The molecule has 0 aromatic carbocycles. The second-order valence-electron chi connectivity index (χ2n) is 2.56. The van der Waals surface area contributed by atoms with Crippen molar-refractivity contribution in [2.24, 2.45) is 0 Å². The van der Waals surface area contributed by atoms with Gasteiger partial charge in [-0.15, -0.1) is 0 Å². The highest BCUT2D eigenvalue weighted by atomic mass is 16.7. The molecule has 0 atom stereocenters. The quantitative estimate of drug-likeness (QED) is 0.470. The fourth-order valence-corrected chi connectivity index (χ4v) is 0.729. The molecule has 13 heavy (non-hydrogen) atoms. The molecule has 0 aromatic rings. The number of rotatable bonds is 6. The second kappa shape index (κ2) is 8.85. The van der Waals surface area contributed by atoms with Gasteiger partial charge in [0.25, 0.3) is 0 Å². The summed E-state index contributed by atoms with van der Waals surface area (Å²) in [4.78, 5) is 10.7. The van der Waals surface area contributed by atoms with E-state index in [9.17, 15) is 4.79 Å². The molecule has 0 radical (unpaired) electrons. The van der Waals surface area contributed by atoms with Crippen molar-refractivity contribution in [3.05, 3.63) is 0 Å².